The fourth-order valence-corrected chi connectivity index (χ4v) is 3.27. The highest BCUT2D eigenvalue weighted by atomic mass is 16.5. The first-order valence-electron chi connectivity index (χ1n) is 7.69. The van der Waals surface area contributed by atoms with Crippen molar-refractivity contribution < 1.29 is 14.3 Å². The molecule has 2 aliphatic rings. The number of amides is 2. The Morgan fingerprint density at radius 2 is 2.14 bits per heavy atom. The van der Waals surface area contributed by atoms with Gasteiger partial charge < -0.3 is 15.0 Å². The van der Waals surface area contributed by atoms with Crippen LogP contribution in [0.25, 0.3) is 0 Å². The van der Waals surface area contributed by atoms with E-state index in [1.807, 2.05) is 4.90 Å². The van der Waals surface area contributed by atoms with Crippen LogP contribution in [0.2, 0.25) is 0 Å². The van der Waals surface area contributed by atoms with Crippen molar-refractivity contribution in [2.24, 2.45) is 0 Å². The second-order valence-corrected chi connectivity index (χ2v) is 6.09. The second-order valence-electron chi connectivity index (χ2n) is 6.09. The van der Waals surface area contributed by atoms with Gasteiger partial charge in [0.05, 0.1) is 18.2 Å². The number of rotatable bonds is 2. The Labute approximate surface area is 129 Å². The van der Waals surface area contributed by atoms with Crippen LogP contribution in [0.5, 0.6) is 0 Å². The molecule has 0 bridgehead atoms. The summed E-state index contributed by atoms with van der Waals surface area (Å²) in [5.74, 6) is -0.0414. The van der Waals surface area contributed by atoms with Gasteiger partial charge in [0.2, 0.25) is 5.91 Å². The lowest BCUT2D eigenvalue weighted by Crippen LogP contribution is -2.46. The molecule has 1 N–H and O–H groups in total. The number of pyridine rings is 1. The smallest absolute Gasteiger partial charge is 0.270 e. The first-order valence-corrected chi connectivity index (χ1v) is 7.69. The molecule has 6 heteroatoms. The molecule has 1 unspecified atom stereocenters. The van der Waals surface area contributed by atoms with Crippen LogP contribution in [0.3, 0.4) is 0 Å². The van der Waals surface area contributed by atoms with Gasteiger partial charge in [0.1, 0.15) is 5.69 Å². The molecule has 2 amide bonds. The van der Waals surface area contributed by atoms with Crippen LogP contribution in [0.15, 0.2) is 24.4 Å². The van der Waals surface area contributed by atoms with E-state index in [2.05, 4.69) is 10.3 Å². The minimum atomic E-state index is -0.186. The summed E-state index contributed by atoms with van der Waals surface area (Å²) in [7, 11) is 0. The zero-order chi connectivity index (χ0) is 15.6. The van der Waals surface area contributed by atoms with E-state index in [0.717, 1.165) is 32.4 Å². The molecular weight excluding hydrogens is 282 g/mol. The third kappa shape index (κ3) is 3.11. The average molecular weight is 303 g/mol. The van der Waals surface area contributed by atoms with Gasteiger partial charge >= 0.3 is 0 Å². The summed E-state index contributed by atoms with van der Waals surface area (Å²) in [6.45, 7) is 3.59. The number of ether oxygens (including phenoxy) is 1. The Morgan fingerprint density at radius 1 is 1.36 bits per heavy atom. The number of likely N-dealkylation sites (tertiary alicyclic amines) is 1. The van der Waals surface area contributed by atoms with E-state index < -0.39 is 0 Å². The van der Waals surface area contributed by atoms with Crippen molar-refractivity contribution in [1.82, 2.24) is 15.2 Å². The lowest BCUT2D eigenvalue weighted by molar-refractivity contribution is -0.133. The minimum Gasteiger partial charge on any atom is -0.373 e. The van der Waals surface area contributed by atoms with Crippen LogP contribution >= 0.6 is 0 Å². The number of carbonyl (C=O) groups excluding carboxylic acids is 2. The molecule has 2 aliphatic heterocycles. The first-order chi connectivity index (χ1) is 10.6. The van der Waals surface area contributed by atoms with Crippen LogP contribution in [-0.4, -0.2) is 53.0 Å². The Bertz CT molecular complexity index is 553. The molecule has 3 heterocycles. The molecule has 0 aromatic carbocycles. The van der Waals surface area contributed by atoms with E-state index in [-0.39, 0.29) is 23.5 Å². The van der Waals surface area contributed by atoms with Gasteiger partial charge in [0, 0.05) is 26.2 Å². The summed E-state index contributed by atoms with van der Waals surface area (Å²) in [4.78, 5) is 29.4. The highest BCUT2D eigenvalue weighted by Crippen LogP contribution is 2.35. The predicted octanol–water partition coefficient (Wildman–Crippen LogP) is 0.981. The average Bonchev–Trinajstić information content (AvgIpc) is 2.91. The number of hydrogen-bond donors (Lipinski definition) is 1. The summed E-state index contributed by atoms with van der Waals surface area (Å²) < 4.78 is 5.99. The SMILES string of the molecule is CC(=O)N1CCC2(CC1)CC(NC(=O)c1ccccn1)CO2. The maximum Gasteiger partial charge on any atom is 0.270 e. The van der Waals surface area contributed by atoms with Crippen molar-refractivity contribution in [3.05, 3.63) is 30.1 Å². The first kappa shape index (κ1) is 15.0. The van der Waals surface area contributed by atoms with Crippen LogP contribution in [0, 0.1) is 0 Å². The molecule has 2 fully saturated rings. The molecule has 2 saturated heterocycles. The van der Waals surface area contributed by atoms with E-state index in [1.54, 1.807) is 31.3 Å². The monoisotopic (exact) mass is 303 g/mol. The summed E-state index contributed by atoms with van der Waals surface area (Å²) >= 11 is 0. The number of carbonyl (C=O) groups is 2. The molecule has 1 atom stereocenters. The Kier molecular flexibility index (Phi) is 4.11. The maximum absolute atomic E-state index is 12.1. The van der Waals surface area contributed by atoms with E-state index in [0.29, 0.717) is 12.3 Å². The van der Waals surface area contributed by atoms with Crippen molar-refractivity contribution in [2.75, 3.05) is 19.7 Å². The van der Waals surface area contributed by atoms with Gasteiger partial charge in [-0.2, -0.15) is 0 Å². The molecule has 0 saturated carbocycles. The molecule has 118 valence electrons. The highest BCUT2D eigenvalue weighted by Gasteiger charge is 2.43. The van der Waals surface area contributed by atoms with Gasteiger partial charge in [-0.25, -0.2) is 0 Å². The third-order valence-electron chi connectivity index (χ3n) is 4.56. The number of piperidine rings is 1. The predicted molar refractivity (Wildman–Crippen MR) is 80.3 cm³/mol. The van der Waals surface area contributed by atoms with E-state index in [9.17, 15) is 9.59 Å². The molecule has 1 aromatic heterocycles. The molecular formula is C16H21N3O3. The van der Waals surface area contributed by atoms with Gasteiger partial charge in [-0.3, -0.25) is 14.6 Å². The number of nitrogens with one attached hydrogen (secondary N) is 1. The van der Waals surface area contributed by atoms with Crippen LogP contribution in [0.4, 0.5) is 0 Å². The standard InChI is InChI=1S/C16H21N3O3/c1-12(20)19-8-5-16(6-9-19)10-13(11-22-16)18-15(21)14-4-2-3-7-17-14/h2-4,7,13H,5-6,8-11H2,1H3,(H,18,21). The molecule has 0 aliphatic carbocycles. The van der Waals surface area contributed by atoms with Crippen LogP contribution < -0.4 is 5.32 Å². The molecule has 3 rings (SSSR count). The molecule has 22 heavy (non-hydrogen) atoms. The van der Waals surface area contributed by atoms with Crippen molar-refractivity contribution in [3.63, 3.8) is 0 Å². The molecule has 0 radical (unpaired) electrons. The topological polar surface area (TPSA) is 71.5 Å². The number of nitrogens with zero attached hydrogens (tertiary/aromatic N) is 2. The number of aromatic nitrogens is 1. The summed E-state index contributed by atoms with van der Waals surface area (Å²) in [5.41, 5.74) is 0.239. The van der Waals surface area contributed by atoms with Crippen molar-refractivity contribution in [1.29, 1.82) is 0 Å². The zero-order valence-electron chi connectivity index (χ0n) is 12.7. The van der Waals surface area contributed by atoms with Gasteiger partial charge in [-0.1, -0.05) is 6.07 Å². The molecule has 6 nitrogen and oxygen atoms in total. The lowest BCUT2D eigenvalue weighted by atomic mass is 9.87. The quantitative estimate of drug-likeness (QED) is 0.884. The lowest BCUT2D eigenvalue weighted by Gasteiger charge is -2.38. The van der Waals surface area contributed by atoms with Crippen LogP contribution in [0.1, 0.15) is 36.7 Å². The van der Waals surface area contributed by atoms with Gasteiger partial charge in [0.25, 0.3) is 5.91 Å². The van der Waals surface area contributed by atoms with E-state index >= 15 is 0 Å². The Balaban J connectivity index is 1.55. The normalized spacial score (nSPS) is 23.5. The van der Waals surface area contributed by atoms with Gasteiger partial charge in [0.15, 0.2) is 0 Å². The number of hydrogen-bond acceptors (Lipinski definition) is 4. The second kappa shape index (κ2) is 6.04. The molecule has 1 spiro atoms. The fourth-order valence-electron chi connectivity index (χ4n) is 3.27. The van der Waals surface area contributed by atoms with Crippen molar-refractivity contribution in [2.45, 2.75) is 37.8 Å². The fraction of sp³-hybridized carbons (Fsp3) is 0.562. The largest absolute Gasteiger partial charge is 0.373 e. The van der Waals surface area contributed by atoms with Crippen molar-refractivity contribution in [3.8, 4) is 0 Å². The Hall–Kier alpha value is -1.95. The van der Waals surface area contributed by atoms with Crippen molar-refractivity contribution >= 4 is 11.8 Å². The summed E-state index contributed by atoms with van der Waals surface area (Å²) in [5, 5.41) is 2.99. The van der Waals surface area contributed by atoms with Gasteiger partial charge in [-0.15, -0.1) is 0 Å². The van der Waals surface area contributed by atoms with Crippen LogP contribution in [-0.2, 0) is 9.53 Å². The maximum atomic E-state index is 12.1. The molecule has 1 aromatic rings. The summed E-state index contributed by atoms with van der Waals surface area (Å²) in [6, 6.07) is 5.30. The third-order valence-corrected chi connectivity index (χ3v) is 4.56. The van der Waals surface area contributed by atoms with E-state index in [4.69, 9.17) is 4.74 Å². The van der Waals surface area contributed by atoms with E-state index in [1.165, 1.54) is 0 Å². The van der Waals surface area contributed by atoms with Gasteiger partial charge in [-0.05, 0) is 31.4 Å². The zero-order valence-corrected chi connectivity index (χ0v) is 12.7. The minimum absolute atomic E-state index is 0.0124. The summed E-state index contributed by atoms with van der Waals surface area (Å²) in [6.07, 6.45) is 4.08. The highest BCUT2D eigenvalue weighted by molar-refractivity contribution is 5.92. The Morgan fingerprint density at radius 3 is 2.77 bits per heavy atom.